The molecule has 0 radical (unpaired) electrons. The highest BCUT2D eigenvalue weighted by Gasteiger charge is 2.20. The molecule has 0 saturated carbocycles. The van der Waals surface area contributed by atoms with Gasteiger partial charge in [0.2, 0.25) is 0 Å². The summed E-state index contributed by atoms with van der Waals surface area (Å²) in [4.78, 5) is 71.1. The smallest absolute Gasteiger partial charge is 0.450 e. The highest BCUT2D eigenvalue weighted by atomic mass is 35.5. The van der Waals surface area contributed by atoms with Crippen LogP contribution >= 0.6 is 69.6 Å². The van der Waals surface area contributed by atoms with Crippen LogP contribution in [0.15, 0.2) is 267 Å². The summed E-state index contributed by atoms with van der Waals surface area (Å²) >= 11 is 35.5. The number of carbonyl (C=O) groups is 4. The first kappa shape index (κ1) is 90.0. The van der Waals surface area contributed by atoms with Gasteiger partial charge < -0.3 is 59.4 Å². The number of anilines is 12. The van der Waals surface area contributed by atoms with Crippen molar-refractivity contribution in [3.8, 4) is 17.2 Å². The van der Waals surface area contributed by atoms with Gasteiger partial charge in [0.15, 0.2) is 0 Å². The summed E-state index contributed by atoms with van der Waals surface area (Å²) in [6.07, 6.45) is -2.68. The summed E-state index contributed by atoms with van der Waals surface area (Å²) in [6, 6.07) is 83.8. The summed E-state index contributed by atoms with van der Waals surface area (Å²) < 4.78 is 27.0. The molecule has 0 aliphatic carbocycles. The van der Waals surface area contributed by atoms with Crippen molar-refractivity contribution in [1.29, 1.82) is 0 Å². The summed E-state index contributed by atoms with van der Waals surface area (Å²) in [7, 11) is 0. The lowest BCUT2D eigenvalue weighted by Gasteiger charge is -2.22. The predicted octanol–water partition coefficient (Wildman–Crippen LogP) is 24.9. The third-order valence-electron chi connectivity index (χ3n) is 20.0. The Balaban J connectivity index is 0.000000161. The number of hydrogen-bond acceptors (Lipinski definition) is 19. The van der Waals surface area contributed by atoms with E-state index in [9.17, 15) is 24.3 Å². The maximum Gasteiger partial charge on any atom is 0.514 e. The number of aliphatic hydroxyl groups is 1. The van der Waals surface area contributed by atoms with E-state index in [0.29, 0.717) is 131 Å². The minimum absolute atomic E-state index is 0.110. The number of aromatic nitrogens is 3. The number of hydrogen-bond donors (Lipinski definition) is 7. The largest absolute Gasteiger partial charge is 0.514 e. The number of nitrogens with one attached hydrogen (secondary N) is 6. The van der Waals surface area contributed by atoms with E-state index < -0.39 is 24.4 Å². The van der Waals surface area contributed by atoms with Crippen molar-refractivity contribution < 1.29 is 48.0 Å². The molecule has 640 valence electrons. The zero-order chi connectivity index (χ0) is 87.6. The number of alkyl halides is 6. The van der Waals surface area contributed by atoms with E-state index >= 15 is 0 Å². The van der Waals surface area contributed by atoms with E-state index in [1.54, 1.807) is 67.6 Å². The topological polar surface area (TPSA) is 255 Å². The van der Waals surface area contributed by atoms with Gasteiger partial charge in [-0.2, -0.15) is 0 Å². The number of para-hydroxylation sites is 6. The minimum atomic E-state index is -0.870. The number of aliphatic hydroxyl groups excluding tert-OH is 1. The summed E-state index contributed by atoms with van der Waals surface area (Å²) in [5.74, 6) is 4.05. The zero-order valence-corrected chi connectivity index (χ0v) is 73.1. The fourth-order valence-electron chi connectivity index (χ4n) is 14.2. The van der Waals surface area contributed by atoms with Crippen molar-refractivity contribution >= 4 is 228 Å². The van der Waals surface area contributed by atoms with Gasteiger partial charge in [0.25, 0.3) is 0 Å². The van der Waals surface area contributed by atoms with Crippen LogP contribution in [0.25, 0.3) is 65.4 Å². The molecule has 7 N–H and O–H groups in total. The molecule has 125 heavy (non-hydrogen) atoms. The molecule has 0 atom stereocenters. The number of amides is 3. The Morgan fingerprint density at radius 3 is 1.13 bits per heavy atom. The highest BCUT2D eigenvalue weighted by molar-refractivity contribution is 6.20. The number of nitrogens with zero attached hydrogens (tertiary/aromatic N) is 6. The van der Waals surface area contributed by atoms with Crippen molar-refractivity contribution in [1.82, 2.24) is 15.0 Å². The number of benzene rings is 12. The zero-order valence-electron chi connectivity index (χ0n) is 68.6. The monoisotopic (exact) mass is 1790 g/mol. The Morgan fingerprint density at radius 2 is 0.704 bits per heavy atom. The van der Waals surface area contributed by atoms with Gasteiger partial charge in [0.1, 0.15) is 23.9 Å². The molecule has 22 nitrogen and oxygen atoms in total. The number of halogens is 6. The number of carbonyl (C=O) groups excluding carboxylic acids is 4. The summed E-state index contributed by atoms with van der Waals surface area (Å²) in [5, 5.41) is 34.8. The summed E-state index contributed by atoms with van der Waals surface area (Å²) in [6.45, 7) is 9.64. The number of aryl methyl sites for hydroxylation is 2. The Morgan fingerprint density at radius 1 is 0.344 bits per heavy atom. The first-order chi connectivity index (χ1) is 61.0. The molecule has 0 unspecified atom stereocenters. The third kappa shape index (κ3) is 24.0. The van der Waals surface area contributed by atoms with Crippen LogP contribution in [0, 0.1) is 13.8 Å². The van der Waals surface area contributed by atoms with E-state index in [0.717, 1.165) is 116 Å². The van der Waals surface area contributed by atoms with Crippen LogP contribution in [0.2, 0.25) is 0 Å². The van der Waals surface area contributed by atoms with Crippen molar-refractivity contribution in [3.63, 3.8) is 0 Å². The molecule has 0 spiro atoms. The van der Waals surface area contributed by atoms with Gasteiger partial charge in [-0.05, 0) is 195 Å². The second-order valence-electron chi connectivity index (χ2n) is 28.5. The van der Waals surface area contributed by atoms with E-state index in [4.69, 9.17) is 108 Å². The second-order valence-corrected chi connectivity index (χ2v) is 30.8. The SMILES string of the molecule is CCOC(=O)Nc1cc(COC(=O)Oc2ccc(N(CCCl)CCCl)cc2)cc(Nc2c3ccccc3nc3ccccc23)c1.Cc1ccc(Nc2c3ccccc3nc3c(C)cccc23)cc1NC(=O)Oc1ccc(N(CCCl)CCCl)cc1.O=C(Nc1cc(CO)cc(Nc2c3ccccc3nc3ccccc23)c1)Oc1ccc(N(CCCl)CCCl)cc1. The standard InChI is InChI=1S/C34H32Cl2N4O5.C32H30Cl2N4O2.C31H28Cl2N4O3/c1-2-43-33(41)38-25-20-23(22-44-34(42)45-27-13-11-26(12-14-27)40(17-15-35)18-16-36)19-24(21-25)37-32-28-7-3-5-9-30(28)39-31-10-6-4-8-29(31)32;1-21-10-11-23(35-31-26-7-3-4-9-28(26)36-30-22(2)6-5-8-27(30)31)20-29(21)37-32(39)40-25-14-12-24(13-15-25)38(18-16-33)19-17-34;32-13-15-37(16-14-33)24-9-11-25(12-10-24)40-31(39)35-23-18-21(20-38)17-22(19-23)34-30-26-5-1-3-7-28(26)36-29-8-4-2-6-27(29)30/h3-14,19-21H,2,15-18,22H2,1H3,(H,37,39)(H,38,41);3-15,20H,16-19H2,1-2H3,(H,35,36)(H,37,39);1-12,17-19,38H,13-16,20H2,(H,34,36)(H,35,39). The molecule has 0 aliphatic heterocycles. The number of rotatable bonds is 31. The Labute approximate surface area is 753 Å². The van der Waals surface area contributed by atoms with Gasteiger partial charge in [-0.1, -0.05) is 115 Å². The molecule has 28 heteroatoms. The number of ether oxygens (including phenoxy) is 5. The highest BCUT2D eigenvalue weighted by Crippen LogP contribution is 2.39. The van der Waals surface area contributed by atoms with Crippen LogP contribution in [0.4, 0.5) is 87.4 Å². The van der Waals surface area contributed by atoms with Crippen LogP contribution in [0.1, 0.15) is 29.2 Å². The molecular weight excluding hydrogens is 1710 g/mol. The van der Waals surface area contributed by atoms with Crippen LogP contribution in [0.3, 0.4) is 0 Å². The third-order valence-corrected chi connectivity index (χ3v) is 21.0. The van der Waals surface area contributed by atoms with Gasteiger partial charge in [-0.25, -0.2) is 34.1 Å². The molecule has 12 aromatic carbocycles. The van der Waals surface area contributed by atoms with Gasteiger partial charge in [0.05, 0.1) is 63.4 Å². The van der Waals surface area contributed by atoms with E-state index in [-0.39, 0.29) is 19.8 Å². The van der Waals surface area contributed by atoms with Crippen LogP contribution < -0.4 is 60.8 Å². The fourth-order valence-corrected chi connectivity index (χ4v) is 15.4. The molecule has 0 fully saturated rings. The Kier molecular flexibility index (Phi) is 32.0. The molecule has 0 saturated heterocycles. The lowest BCUT2D eigenvalue weighted by atomic mass is 10.0. The fraction of sp³-hybridized carbons (Fsp3) is 0.186. The number of pyridine rings is 3. The Bertz CT molecular complexity index is 6140. The van der Waals surface area contributed by atoms with Gasteiger partial charge in [-0.3, -0.25) is 16.0 Å². The van der Waals surface area contributed by atoms with Crippen molar-refractivity contribution in [2.45, 2.75) is 34.0 Å². The summed E-state index contributed by atoms with van der Waals surface area (Å²) in [5.41, 5.74) is 17.9. The quantitative estimate of drug-likeness (QED) is 0.00922. The van der Waals surface area contributed by atoms with E-state index in [2.05, 4.69) is 66.8 Å². The Hall–Kier alpha value is -12.8. The lowest BCUT2D eigenvalue weighted by Crippen LogP contribution is -2.27. The predicted molar refractivity (Wildman–Crippen MR) is 513 cm³/mol. The molecule has 3 heterocycles. The molecule has 15 aromatic rings. The van der Waals surface area contributed by atoms with Crippen molar-refractivity contribution in [2.24, 2.45) is 0 Å². The normalized spacial score (nSPS) is 10.9. The van der Waals surface area contributed by atoms with Crippen molar-refractivity contribution in [2.75, 3.05) is 128 Å². The molecule has 3 amide bonds. The van der Waals surface area contributed by atoms with Gasteiger partial charge in [0, 0.05) is 158 Å². The number of fused-ring (bicyclic) bond motifs is 6. The second kappa shape index (κ2) is 44.5. The van der Waals surface area contributed by atoms with Crippen LogP contribution in [0.5, 0.6) is 17.2 Å². The molecule has 3 aromatic heterocycles. The van der Waals surface area contributed by atoms with Crippen LogP contribution in [-0.2, 0) is 22.7 Å². The van der Waals surface area contributed by atoms with E-state index in [1.807, 2.05) is 200 Å². The first-order valence-corrected chi connectivity index (χ1v) is 43.5. The van der Waals surface area contributed by atoms with E-state index in [1.165, 1.54) is 0 Å². The van der Waals surface area contributed by atoms with Crippen LogP contribution in [-0.4, -0.2) is 126 Å². The molecular formula is C97H90Cl6N12O10. The molecule has 15 rings (SSSR count). The van der Waals surface area contributed by atoms with Gasteiger partial charge >= 0.3 is 24.4 Å². The maximum absolute atomic E-state index is 12.8. The van der Waals surface area contributed by atoms with Crippen molar-refractivity contribution in [3.05, 3.63) is 289 Å². The average Bonchev–Trinajstić information content (AvgIpc) is 0.760. The van der Waals surface area contributed by atoms with Gasteiger partial charge in [-0.15, -0.1) is 69.6 Å². The lowest BCUT2D eigenvalue weighted by molar-refractivity contribution is 0.0927. The maximum atomic E-state index is 12.8. The minimum Gasteiger partial charge on any atom is -0.450 e. The first-order valence-electron chi connectivity index (χ1n) is 40.3. The molecule has 0 aliphatic rings. The molecule has 0 bridgehead atoms. The average molecular weight is 1800 g/mol.